The Balaban J connectivity index is 0.00000320. The minimum Gasteiger partial charge on any atom is -0.497 e. The Labute approximate surface area is 196 Å². The minimum absolute atomic E-state index is 0. The smallest absolute Gasteiger partial charge is 0.213 e. The van der Waals surface area contributed by atoms with E-state index in [1.54, 1.807) is 27.5 Å². The molecular weight excluding hydrogens is 493 g/mol. The zero-order chi connectivity index (χ0) is 20.5. The molecule has 2 heterocycles. The molecule has 1 fully saturated rings. The molecule has 8 heteroatoms. The molecule has 30 heavy (non-hydrogen) atoms. The second kappa shape index (κ2) is 12.6. The van der Waals surface area contributed by atoms with Gasteiger partial charge in [-0.2, -0.15) is 0 Å². The zero-order valence-electron chi connectivity index (χ0n) is 17.9. The number of nitrogens with zero attached hydrogens (tertiary/aromatic N) is 3. The van der Waals surface area contributed by atoms with Gasteiger partial charge < -0.3 is 20.1 Å². The van der Waals surface area contributed by atoms with Crippen molar-refractivity contribution in [2.75, 3.05) is 40.9 Å². The average molecular weight is 525 g/mol. The van der Waals surface area contributed by atoms with Gasteiger partial charge >= 0.3 is 0 Å². The first-order chi connectivity index (χ1) is 14.2. The Bertz CT molecular complexity index is 812. The van der Waals surface area contributed by atoms with E-state index in [0.29, 0.717) is 12.4 Å². The summed E-state index contributed by atoms with van der Waals surface area (Å²) >= 11 is 0. The quantitative estimate of drug-likeness (QED) is 0.314. The number of guanidine groups is 1. The van der Waals surface area contributed by atoms with Crippen LogP contribution in [0.25, 0.3) is 0 Å². The van der Waals surface area contributed by atoms with Crippen LogP contribution < -0.4 is 20.1 Å². The number of ether oxygens (including phenoxy) is 2. The van der Waals surface area contributed by atoms with E-state index in [1.165, 1.54) is 18.4 Å². The van der Waals surface area contributed by atoms with Gasteiger partial charge in [0.2, 0.25) is 5.88 Å². The topological polar surface area (TPSA) is 71.0 Å². The predicted octanol–water partition coefficient (Wildman–Crippen LogP) is 3.22. The SMILES string of the molecule is CN=C(NCc1ccnc(OC)c1)NCC(c1cccc(OC)c1)N1CCCC1.I. The number of hydrogen-bond acceptors (Lipinski definition) is 5. The van der Waals surface area contributed by atoms with Crippen LogP contribution >= 0.6 is 24.0 Å². The molecule has 2 aromatic rings. The van der Waals surface area contributed by atoms with E-state index >= 15 is 0 Å². The van der Waals surface area contributed by atoms with Gasteiger partial charge in [-0.3, -0.25) is 9.89 Å². The van der Waals surface area contributed by atoms with E-state index in [-0.39, 0.29) is 30.0 Å². The van der Waals surface area contributed by atoms with Gasteiger partial charge in [0.1, 0.15) is 5.75 Å². The average Bonchev–Trinajstić information content (AvgIpc) is 3.31. The molecule has 2 N–H and O–H groups in total. The van der Waals surface area contributed by atoms with Crippen molar-refractivity contribution in [3.05, 3.63) is 53.7 Å². The molecule has 1 aliphatic heterocycles. The van der Waals surface area contributed by atoms with Crippen molar-refractivity contribution in [3.63, 3.8) is 0 Å². The van der Waals surface area contributed by atoms with Crippen LogP contribution in [0, 0.1) is 0 Å². The van der Waals surface area contributed by atoms with Crippen molar-refractivity contribution >= 4 is 29.9 Å². The number of aliphatic imine (C=N–C) groups is 1. The molecule has 0 aliphatic carbocycles. The number of likely N-dealkylation sites (tertiary alicyclic amines) is 1. The van der Waals surface area contributed by atoms with E-state index < -0.39 is 0 Å². The number of nitrogens with one attached hydrogen (secondary N) is 2. The molecule has 0 radical (unpaired) electrons. The van der Waals surface area contributed by atoms with Crippen LogP contribution in [0.5, 0.6) is 11.6 Å². The lowest BCUT2D eigenvalue weighted by molar-refractivity contribution is 0.245. The normalized spacial score (nSPS) is 15.2. The summed E-state index contributed by atoms with van der Waals surface area (Å²) in [6.07, 6.45) is 4.24. The van der Waals surface area contributed by atoms with Crippen molar-refractivity contribution in [1.29, 1.82) is 0 Å². The second-order valence-corrected chi connectivity index (χ2v) is 7.05. The van der Waals surface area contributed by atoms with Crippen LogP contribution in [-0.4, -0.2) is 56.7 Å². The molecule has 3 rings (SSSR count). The lowest BCUT2D eigenvalue weighted by atomic mass is 10.1. The fraction of sp³-hybridized carbons (Fsp3) is 0.455. The first kappa shape index (κ1) is 24.2. The van der Waals surface area contributed by atoms with Crippen molar-refractivity contribution in [3.8, 4) is 11.6 Å². The number of benzene rings is 1. The Morgan fingerprint density at radius 1 is 1.13 bits per heavy atom. The maximum absolute atomic E-state index is 5.43. The van der Waals surface area contributed by atoms with Gasteiger partial charge in [-0.05, 0) is 55.3 Å². The molecule has 7 nitrogen and oxygen atoms in total. The summed E-state index contributed by atoms with van der Waals surface area (Å²) in [6, 6.07) is 12.5. The van der Waals surface area contributed by atoms with Crippen molar-refractivity contribution in [1.82, 2.24) is 20.5 Å². The van der Waals surface area contributed by atoms with E-state index in [2.05, 4.69) is 43.7 Å². The third kappa shape index (κ3) is 6.73. The van der Waals surface area contributed by atoms with E-state index in [1.807, 2.05) is 18.2 Å². The lowest BCUT2D eigenvalue weighted by Crippen LogP contribution is -2.42. The summed E-state index contributed by atoms with van der Waals surface area (Å²) < 4.78 is 10.6. The van der Waals surface area contributed by atoms with Gasteiger partial charge in [0, 0.05) is 32.4 Å². The van der Waals surface area contributed by atoms with Crippen LogP contribution in [0.15, 0.2) is 47.6 Å². The first-order valence-corrected chi connectivity index (χ1v) is 10.0. The monoisotopic (exact) mass is 525 g/mol. The summed E-state index contributed by atoms with van der Waals surface area (Å²) in [4.78, 5) is 11.1. The molecule has 0 spiro atoms. The summed E-state index contributed by atoms with van der Waals surface area (Å²) in [5.41, 5.74) is 2.34. The van der Waals surface area contributed by atoms with E-state index in [4.69, 9.17) is 9.47 Å². The molecule has 0 saturated carbocycles. The van der Waals surface area contributed by atoms with Gasteiger partial charge in [0.05, 0.1) is 20.3 Å². The fourth-order valence-electron chi connectivity index (χ4n) is 3.63. The lowest BCUT2D eigenvalue weighted by Gasteiger charge is -2.29. The van der Waals surface area contributed by atoms with Gasteiger partial charge in [-0.1, -0.05) is 12.1 Å². The van der Waals surface area contributed by atoms with E-state index in [9.17, 15) is 0 Å². The van der Waals surface area contributed by atoms with Crippen molar-refractivity contribution in [2.45, 2.75) is 25.4 Å². The van der Waals surface area contributed by atoms with Crippen LogP contribution in [-0.2, 0) is 6.54 Å². The molecule has 1 aromatic carbocycles. The Kier molecular flexibility index (Phi) is 10.2. The third-order valence-corrected chi connectivity index (χ3v) is 5.21. The van der Waals surface area contributed by atoms with Crippen LogP contribution in [0.1, 0.15) is 30.0 Å². The van der Waals surface area contributed by atoms with E-state index in [0.717, 1.165) is 36.9 Å². The molecule has 1 unspecified atom stereocenters. The Morgan fingerprint density at radius 3 is 2.63 bits per heavy atom. The number of pyridine rings is 1. The van der Waals surface area contributed by atoms with Crippen LogP contribution in [0.4, 0.5) is 0 Å². The largest absolute Gasteiger partial charge is 0.497 e. The maximum atomic E-state index is 5.43. The highest BCUT2D eigenvalue weighted by Gasteiger charge is 2.24. The first-order valence-electron chi connectivity index (χ1n) is 10.0. The van der Waals surface area contributed by atoms with Crippen molar-refractivity contribution in [2.24, 2.45) is 4.99 Å². The molecule has 0 bridgehead atoms. The molecule has 1 aliphatic rings. The number of hydrogen-bond donors (Lipinski definition) is 2. The number of aromatic nitrogens is 1. The third-order valence-electron chi connectivity index (χ3n) is 5.21. The predicted molar refractivity (Wildman–Crippen MR) is 131 cm³/mol. The van der Waals surface area contributed by atoms with Gasteiger partial charge in [-0.25, -0.2) is 4.98 Å². The standard InChI is InChI=1S/C22H31N5O2.HI/c1-23-22(25-15-17-9-10-24-21(13-17)29-3)26-16-20(27-11-4-5-12-27)18-7-6-8-19(14-18)28-2;/h6-10,13-14,20H,4-5,11-12,15-16H2,1-3H3,(H2,23,25,26);1H. The highest BCUT2D eigenvalue weighted by Crippen LogP contribution is 2.27. The number of rotatable bonds is 8. The summed E-state index contributed by atoms with van der Waals surface area (Å²) in [5, 5.41) is 6.86. The highest BCUT2D eigenvalue weighted by molar-refractivity contribution is 14.0. The minimum atomic E-state index is 0. The molecule has 1 saturated heterocycles. The molecule has 1 aromatic heterocycles. The van der Waals surface area contributed by atoms with Crippen LogP contribution in [0.3, 0.4) is 0 Å². The molecule has 164 valence electrons. The Morgan fingerprint density at radius 2 is 1.93 bits per heavy atom. The van der Waals surface area contributed by atoms with Gasteiger partial charge in [0.15, 0.2) is 5.96 Å². The fourth-order valence-corrected chi connectivity index (χ4v) is 3.63. The molecule has 0 amide bonds. The van der Waals surface area contributed by atoms with Gasteiger partial charge in [0.25, 0.3) is 0 Å². The summed E-state index contributed by atoms with van der Waals surface area (Å²) in [7, 11) is 5.12. The highest BCUT2D eigenvalue weighted by atomic mass is 127. The summed E-state index contributed by atoms with van der Waals surface area (Å²) in [6.45, 7) is 3.65. The summed E-state index contributed by atoms with van der Waals surface area (Å²) in [5.74, 6) is 2.27. The second-order valence-electron chi connectivity index (χ2n) is 7.05. The number of methoxy groups -OCH3 is 2. The van der Waals surface area contributed by atoms with Gasteiger partial charge in [-0.15, -0.1) is 24.0 Å². The Hall–Kier alpha value is -2.07. The number of halogens is 1. The zero-order valence-corrected chi connectivity index (χ0v) is 20.3. The maximum Gasteiger partial charge on any atom is 0.213 e. The molecule has 1 atom stereocenters. The molecular formula is C22H32IN5O2. The van der Waals surface area contributed by atoms with Crippen molar-refractivity contribution < 1.29 is 9.47 Å². The van der Waals surface area contributed by atoms with Crippen LogP contribution in [0.2, 0.25) is 0 Å².